The molecule has 1 saturated heterocycles. The van der Waals surface area contributed by atoms with Crippen LogP contribution in [0.1, 0.15) is 29.6 Å². The second kappa shape index (κ2) is 6.10. The third-order valence-electron chi connectivity index (χ3n) is 4.21. The van der Waals surface area contributed by atoms with Crippen molar-refractivity contribution in [3.05, 3.63) is 71.8 Å². The fraction of sp³-hybridized carbons (Fsp3) is 0.278. The Bertz CT molecular complexity index is 597. The Labute approximate surface area is 125 Å². The van der Waals surface area contributed by atoms with Crippen molar-refractivity contribution in [2.75, 3.05) is 13.6 Å². The lowest BCUT2D eigenvalue weighted by Gasteiger charge is -2.28. The zero-order chi connectivity index (χ0) is 14.7. The van der Waals surface area contributed by atoms with Gasteiger partial charge >= 0.3 is 0 Å². The van der Waals surface area contributed by atoms with Gasteiger partial charge in [-0.15, -0.1) is 0 Å². The van der Waals surface area contributed by atoms with Crippen LogP contribution >= 0.6 is 0 Å². The van der Waals surface area contributed by atoms with Crippen molar-refractivity contribution in [1.29, 1.82) is 0 Å². The Balaban J connectivity index is 1.91. The first-order valence-electron chi connectivity index (χ1n) is 7.34. The van der Waals surface area contributed by atoms with Gasteiger partial charge < -0.3 is 10.2 Å². The summed E-state index contributed by atoms with van der Waals surface area (Å²) in [6.07, 6.45) is 0.885. The summed E-state index contributed by atoms with van der Waals surface area (Å²) in [7, 11) is 1.90. The summed E-state index contributed by atoms with van der Waals surface area (Å²) in [6.45, 7) is 0.388. The van der Waals surface area contributed by atoms with Gasteiger partial charge in [0, 0.05) is 13.1 Å². The van der Waals surface area contributed by atoms with Gasteiger partial charge in [0.25, 0.3) is 0 Å². The van der Waals surface area contributed by atoms with Crippen molar-refractivity contribution in [2.24, 2.45) is 0 Å². The number of hydrogen-bond donors (Lipinski definition) is 1. The first-order chi connectivity index (χ1) is 10.3. The van der Waals surface area contributed by atoms with E-state index in [1.165, 1.54) is 11.1 Å². The number of hydrogen-bond acceptors (Lipinski definition) is 2. The van der Waals surface area contributed by atoms with Gasteiger partial charge in [-0.2, -0.15) is 0 Å². The third-order valence-corrected chi connectivity index (χ3v) is 4.21. The second-order valence-electron chi connectivity index (χ2n) is 5.51. The normalized spacial score (nSPS) is 22.9. The molecule has 1 amide bonds. The van der Waals surface area contributed by atoms with Gasteiger partial charge in [-0.25, -0.2) is 0 Å². The van der Waals surface area contributed by atoms with E-state index in [2.05, 4.69) is 29.6 Å². The van der Waals surface area contributed by atoms with E-state index in [9.17, 15) is 4.79 Å². The van der Waals surface area contributed by atoms with Crippen LogP contribution in [0.3, 0.4) is 0 Å². The van der Waals surface area contributed by atoms with Crippen LogP contribution < -0.4 is 5.32 Å². The Morgan fingerprint density at radius 1 is 0.952 bits per heavy atom. The van der Waals surface area contributed by atoms with Gasteiger partial charge in [0.05, 0.1) is 12.6 Å². The molecule has 0 aliphatic carbocycles. The van der Waals surface area contributed by atoms with Crippen LogP contribution in [0, 0.1) is 0 Å². The topological polar surface area (TPSA) is 32.3 Å². The molecule has 21 heavy (non-hydrogen) atoms. The number of carbonyl (C=O) groups excluding carboxylic acids is 1. The molecule has 2 atom stereocenters. The molecule has 108 valence electrons. The molecule has 0 unspecified atom stereocenters. The summed E-state index contributed by atoms with van der Waals surface area (Å²) in [5.74, 6) is 0.141. The van der Waals surface area contributed by atoms with Gasteiger partial charge in [-0.1, -0.05) is 60.7 Å². The van der Waals surface area contributed by atoms with E-state index >= 15 is 0 Å². The Morgan fingerprint density at radius 2 is 1.52 bits per heavy atom. The van der Waals surface area contributed by atoms with Crippen LogP contribution in [-0.2, 0) is 4.79 Å². The van der Waals surface area contributed by atoms with Gasteiger partial charge in [0.2, 0.25) is 5.91 Å². The number of nitrogens with zero attached hydrogens (tertiary/aromatic N) is 1. The molecule has 2 aromatic carbocycles. The molecule has 0 aromatic heterocycles. The maximum Gasteiger partial charge on any atom is 0.236 e. The largest absolute Gasteiger partial charge is 0.338 e. The fourth-order valence-corrected chi connectivity index (χ4v) is 2.95. The average molecular weight is 280 g/mol. The van der Waals surface area contributed by atoms with E-state index in [-0.39, 0.29) is 18.0 Å². The quantitative estimate of drug-likeness (QED) is 0.917. The molecule has 1 fully saturated rings. The van der Waals surface area contributed by atoms with Crippen LogP contribution in [0.25, 0.3) is 0 Å². The molecule has 1 N–H and O–H groups in total. The monoisotopic (exact) mass is 280 g/mol. The zero-order valence-corrected chi connectivity index (χ0v) is 12.2. The summed E-state index contributed by atoms with van der Waals surface area (Å²) in [4.78, 5) is 14.1. The first kappa shape index (κ1) is 13.8. The van der Waals surface area contributed by atoms with Gasteiger partial charge in [0.15, 0.2) is 0 Å². The highest BCUT2D eigenvalue weighted by Gasteiger charge is 2.29. The van der Waals surface area contributed by atoms with Crippen molar-refractivity contribution in [1.82, 2.24) is 10.2 Å². The van der Waals surface area contributed by atoms with Crippen molar-refractivity contribution in [2.45, 2.75) is 18.5 Å². The lowest BCUT2D eigenvalue weighted by atomic mass is 9.94. The zero-order valence-electron chi connectivity index (χ0n) is 12.2. The summed E-state index contributed by atoms with van der Waals surface area (Å²) >= 11 is 0. The summed E-state index contributed by atoms with van der Waals surface area (Å²) in [5.41, 5.74) is 2.43. The van der Waals surface area contributed by atoms with Crippen LogP contribution in [0.4, 0.5) is 0 Å². The second-order valence-corrected chi connectivity index (χ2v) is 5.51. The predicted octanol–water partition coefficient (Wildman–Crippen LogP) is 2.92. The Morgan fingerprint density at radius 3 is 2.14 bits per heavy atom. The molecule has 0 bridgehead atoms. The smallest absolute Gasteiger partial charge is 0.236 e. The maximum absolute atomic E-state index is 12.2. The number of rotatable bonds is 2. The van der Waals surface area contributed by atoms with Crippen molar-refractivity contribution in [3.8, 4) is 0 Å². The summed E-state index contributed by atoms with van der Waals surface area (Å²) < 4.78 is 0. The maximum atomic E-state index is 12.2. The number of nitrogens with one attached hydrogen (secondary N) is 1. The van der Waals surface area contributed by atoms with E-state index in [1.807, 2.05) is 48.3 Å². The lowest BCUT2D eigenvalue weighted by molar-refractivity contribution is -0.130. The lowest BCUT2D eigenvalue weighted by Crippen LogP contribution is -2.33. The third kappa shape index (κ3) is 2.98. The Kier molecular flexibility index (Phi) is 4.02. The molecular formula is C18H20N2O. The molecule has 0 saturated carbocycles. The highest BCUT2D eigenvalue weighted by Crippen LogP contribution is 2.32. The molecular weight excluding hydrogens is 260 g/mol. The molecule has 0 spiro atoms. The standard InChI is InChI=1S/C18H20N2O/c1-20-17(15-10-6-3-7-11-15)12-16(19-13-18(20)21)14-8-4-2-5-9-14/h2-11,16-17,19H,12-13H2,1H3/t16-,17-/m0/s1. The van der Waals surface area contributed by atoms with E-state index in [1.54, 1.807) is 0 Å². The average Bonchev–Trinajstić information content (AvgIpc) is 2.69. The number of amides is 1. The van der Waals surface area contributed by atoms with Crippen molar-refractivity contribution < 1.29 is 4.79 Å². The predicted molar refractivity (Wildman–Crippen MR) is 83.8 cm³/mol. The van der Waals surface area contributed by atoms with Gasteiger partial charge in [-0.3, -0.25) is 4.79 Å². The molecule has 3 nitrogen and oxygen atoms in total. The molecule has 3 rings (SSSR count). The van der Waals surface area contributed by atoms with Crippen LogP contribution in [0.5, 0.6) is 0 Å². The molecule has 3 heteroatoms. The molecule has 1 aliphatic rings. The van der Waals surface area contributed by atoms with E-state index in [4.69, 9.17) is 0 Å². The SMILES string of the molecule is CN1C(=O)CN[C@H](c2ccccc2)C[C@H]1c1ccccc1. The molecule has 1 heterocycles. The van der Waals surface area contributed by atoms with Crippen molar-refractivity contribution >= 4 is 5.91 Å². The minimum absolute atomic E-state index is 0.110. The van der Waals surface area contributed by atoms with E-state index < -0.39 is 0 Å². The van der Waals surface area contributed by atoms with Crippen LogP contribution in [0.15, 0.2) is 60.7 Å². The number of benzene rings is 2. The van der Waals surface area contributed by atoms with Gasteiger partial charge in [-0.05, 0) is 17.5 Å². The molecule has 2 aromatic rings. The number of likely N-dealkylation sites (N-methyl/N-ethyl adjacent to an activating group) is 1. The van der Waals surface area contributed by atoms with E-state index in [0.29, 0.717) is 6.54 Å². The summed E-state index contributed by atoms with van der Waals surface area (Å²) in [6, 6.07) is 20.9. The van der Waals surface area contributed by atoms with Crippen LogP contribution in [-0.4, -0.2) is 24.4 Å². The van der Waals surface area contributed by atoms with Crippen molar-refractivity contribution in [3.63, 3.8) is 0 Å². The van der Waals surface area contributed by atoms with E-state index in [0.717, 1.165) is 6.42 Å². The minimum atomic E-state index is 0.110. The van der Waals surface area contributed by atoms with Crippen LogP contribution in [0.2, 0.25) is 0 Å². The molecule has 0 radical (unpaired) electrons. The number of carbonyl (C=O) groups is 1. The Hall–Kier alpha value is -2.13. The fourth-order valence-electron chi connectivity index (χ4n) is 2.95. The summed E-state index contributed by atoms with van der Waals surface area (Å²) in [5, 5.41) is 3.39. The molecule has 1 aliphatic heterocycles. The minimum Gasteiger partial charge on any atom is -0.338 e. The first-order valence-corrected chi connectivity index (χ1v) is 7.34. The highest BCUT2D eigenvalue weighted by molar-refractivity contribution is 5.79. The van der Waals surface area contributed by atoms with Gasteiger partial charge in [0.1, 0.15) is 0 Å². The highest BCUT2D eigenvalue weighted by atomic mass is 16.2.